The highest BCUT2D eigenvalue weighted by Crippen LogP contribution is 2.22. The number of aromatic hydroxyl groups is 1. The lowest BCUT2D eigenvalue weighted by atomic mass is 10.2. The summed E-state index contributed by atoms with van der Waals surface area (Å²) >= 11 is 3.29. The average molecular weight is 355 g/mol. The fourth-order valence-corrected chi connectivity index (χ4v) is 2.45. The Morgan fingerprint density at radius 2 is 1.95 bits per heavy atom. The molecule has 104 valence electrons. The fraction of sp³-hybridized carbons (Fsp3) is 0. The summed E-state index contributed by atoms with van der Waals surface area (Å²) in [6.07, 6.45) is 1.45. The fourth-order valence-electron chi connectivity index (χ4n) is 1.51. The van der Waals surface area contributed by atoms with Crippen LogP contribution in [0.15, 0.2) is 56.8 Å². The molecule has 0 aliphatic carbocycles. The zero-order valence-electron chi connectivity index (χ0n) is 10.2. The van der Waals surface area contributed by atoms with E-state index in [2.05, 4.69) is 20.9 Å². The Morgan fingerprint density at radius 1 is 1.20 bits per heavy atom. The number of phenols is 1. The van der Waals surface area contributed by atoms with Crippen LogP contribution in [0.3, 0.4) is 0 Å². The summed E-state index contributed by atoms with van der Waals surface area (Å²) in [7, 11) is -3.75. The molecule has 2 rings (SSSR count). The molecule has 0 saturated carbocycles. The molecule has 0 unspecified atom stereocenters. The van der Waals surface area contributed by atoms with Gasteiger partial charge in [0.2, 0.25) is 10.0 Å². The first-order valence-corrected chi connectivity index (χ1v) is 7.85. The number of aliphatic imine (C=N–C) groups is 1. The molecule has 0 aromatic heterocycles. The highest BCUT2D eigenvalue weighted by molar-refractivity contribution is 9.10. The van der Waals surface area contributed by atoms with Crippen molar-refractivity contribution in [1.29, 1.82) is 0 Å². The van der Waals surface area contributed by atoms with E-state index in [9.17, 15) is 13.5 Å². The first-order valence-electron chi connectivity index (χ1n) is 5.52. The van der Waals surface area contributed by atoms with Gasteiger partial charge in [-0.1, -0.05) is 22.0 Å². The van der Waals surface area contributed by atoms with Crippen LogP contribution in [-0.4, -0.2) is 19.7 Å². The smallest absolute Gasteiger partial charge is 0.238 e. The van der Waals surface area contributed by atoms with E-state index in [1.54, 1.807) is 24.3 Å². The molecule has 0 spiro atoms. The number of halogens is 1. The summed E-state index contributed by atoms with van der Waals surface area (Å²) in [5, 5.41) is 14.7. The highest BCUT2D eigenvalue weighted by atomic mass is 79.9. The molecule has 2 aromatic carbocycles. The van der Waals surface area contributed by atoms with Gasteiger partial charge >= 0.3 is 0 Å². The van der Waals surface area contributed by atoms with Crippen LogP contribution in [0.1, 0.15) is 5.56 Å². The first kappa shape index (κ1) is 14.7. The van der Waals surface area contributed by atoms with Crippen LogP contribution in [0.2, 0.25) is 0 Å². The van der Waals surface area contributed by atoms with Crippen LogP contribution < -0.4 is 5.14 Å². The number of benzene rings is 2. The summed E-state index contributed by atoms with van der Waals surface area (Å²) in [5.74, 6) is 0.0829. The van der Waals surface area contributed by atoms with Crippen molar-refractivity contribution >= 4 is 37.9 Å². The van der Waals surface area contributed by atoms with Crippen molar-refractivity contribution in [3.05, 3.63) is 52.5 Å². The van der Waals surface area contributed by atoms with Crippen molar-refractivity contribution in [1.82, 2.24) is 0 Å². The van der Waals surface area contributed by atoms with Gasteiger partial charge in [-0.3, -0.25) is 4.99 Å². The van der Waals surface area contributed by atoms with Gasteiger partial charge < -0.3 is 5.11 Å². The lowest BCUT2D eigenvalue weighted by molar-refractivity contribution is 0.474. The predicted molar refractivity (Wildman–Crippen MR) is 80.9 cm³/mol. The summed E-state index contributed by atoms with van der Waals surface area (Å²) in [6.45, 7) is 0. The molecular weight excluding hydrogens is 344 g/mol. The number of primary sulfonamides is 1. The van der Waals surface area contributed by atoms with Crippen molar-refractivity contribution in [2.75, 3.05) is 0 Å². The number of phenolic OH excluding ortho intramolecular Hbond substituents is 1. The van der Waals surface area contributed by atoms with E-state index in [4.69, 9.17) is 5.14 Å². The predicted octanol–water partition coefficient (Wildman–Crippen LogP) is 2.55. The molecule has 0 aliphatic rings. The highest BCUT2D eigenvalue weighted by Gasteiger charge is 2.07. The third-order valence-electron chi connectivity index (χ3n) is 2.49. The summed E-state index contributed by atoms with van der Waals surface area (Å²) < 4.78 is 23.3. The molecule has 0 amide bonds. The van der Waals surface area contributed by atoms with E-state index in [0.717, 1.165) is 4.47 Å². The number of sulfonamides is 1. The van der Waals surface area contributed by atoms with Gasteiger partial charge in [0.1, 0.15) is 5.75 Å². The first-order chi connectivity index (χ1) is 9.36. The summed E-state index contributed by atoms with van der Waals surface area (Å²) in [6, 6.07) is 10.9. The molecule has 0 heterocycles. The van der Waals surface area contributed by atoms with Crippen LogP contribution in [0.4, 0.5) is 5.69 Å². The van der Waals surface area contributed by atoms with Gasteiger partial charge in [-0.15, -0.1) is 0 Å². The largest absolute Gasteiger partial charge is 0.507 e. The Hall–Kier alpha value is -1.70. The van der Waals surface area contributed by atoms with E-state index in [0.29, 0.717) is 11.3 Å². The molecule has 0 fully saturated rings. The molecular formula is C13H11BrN2O3S. The molecule has 0 radical (unpaired) electrons. The molecule has 3 N–H and O–H groups in total. The van der Waals surface area contributed by atoms with Crippen molar-refractivity contribution in [2.45, 2.75) is 4.90 Å². The lowest BCUT2D eigenvalue weighted by Gasteiger charge is -2.01. The van der Waals surface area contributed by atoms with E-state index < -0.39 is 10.0 Å². The number of rotatable bonds is 3. The summed E-state index contributed by atoms with van der Waals surface area (Å²) in [5.41, 5.74) is 0.941. The number of nitrogens with zero attached hydrogens (tertiary/aromatic N) is 1. The monoisotopic (exact) mass is 354 g/mol. The minimum atomic E-state index is -3.75. The minimum Gasteiger partial charge on any atom is -0.507 e. The summed E-state index contributed by atoms with van der Waals surface area (Å²) in [4.78, 5) is 4.12. The molecule has 0 bridgehead atoms. The van der Waals surface area contributed by atoms with Crippen LogP contribution in [0.5, 0.6) is 5.75 Å². The Bertz CT molecular complexity index is 773. The Morgan fingerprint density at radius 3 is 2.65 bits per heavy atom. The average Bonchev–Trinajstić information content (AvgIpc) is 2.39. The van der Waals surface area contributed by atoms with Gasteiger partial charge in [-0.2, -0.15) is 0 Å². The molecule has 0 saturated heterocycles. The van der Waals surface area contributed by atoms with Crippen LogP contribution in [0.25, 0.3) is 0 Å². The van der Waals surface area contributed by atoms with Crippen molar-refractivity contribution in [3.63, 3.8) is 0 Å². The normalized spacial score (nSPS) is 11.9. The van der Waals surface area contributed by atoms with E-state index in [1.165, 1.54) is 24.4 Å². The SMILES string of the molecule is NS(=O)(=O)c1cccc(N=Cc2cc(Br)ccc2O)c1. The van der Waals surface area contributed by atoms with Crippen molar-refractivity contribution < 1.29 is 13.5 Å². The van der Waals surface area contributed by atoms with Gasteiger partial charge in [0.25, 0.3) is 0 Å². The second-order valence-corrected chi connectivity index (χ2v) is 6.48. The number of hydrogen-bond acceptors (Lipinski definition) is 4. The second-order valence-electron chi connectivity index (χ2n) is 4.00. The molecule has 5 nitrogen and oxygen atoms in total. The number of hydrogen-bond donors (Lipinski definition) is 2. The quantitative estimate of drug-likeness (QED) is 0.829. The van der Waals surface area contributed by atoms with Crippen LogP contribution in [-0.2, 0) is 10.0 Å². The molecule has 7 heteroatoms. The topological polar surface area (TPSA) is 92.8 Å². The van der Waals surface area contributed by atoms with Crippen LogP contribution >= 0.6 is 15.9 Å². The van der Waals surface area contributed by atoms with Gasteiger partial charge in [-0.25, -0.2) is 13.6 Å². The molecule has 2 aromatic rings. The van der Waals surface area contributed by atoms with Gasteiger partial charge in [0.05, 0.1) is 10.6 Å². The van der Waals surface area contributed by atoms with Gasteiger partial charge in [0, 0.05) is 16.3 Å². The molecule has 0 atom stereocenters. The van der Waals surface area contributed by atoms with E-state index >= 15 is 0 Å². The molecule has 0 aliphatic heterocycles. The second kappa shape index (κ2) is 5.74. The van der Waals surface area contributed by atoms with E-state index in [1.807, 2.05) is 0 Å². The Balaban J connectivity index is 2.35. The third-order valence-corrected chi connectivity index (χ3v) is 3.89. The van der Waals surface area contributed by atoms with Crippen molar-refractivity contribution in [3.8, 4) is 5.75 Å². The van der Waals surface area contributed by atoms with Gasteiger partial charge in [-0.05, 0) is 36.4 Å². The van der Waals surface area contributed by atoms with Crippen molar-refractivity contribution in [2.24, 2.45) is 10.1 Å². The maximum absolute atomic E-state index is 11.2. The Labute approximate surface area is 125 Å². The van der Waals surface area contributed by atoms with E-state index in [-0.39, 0.29) is 10.6 Å². The standard InChI is InChI=1S/C13H11BrN2O3S/c14-10-4-5-13(17)9(6-10)8-16-11-2-1-3-12(7-11)20(15,18)19/h1-8,17H,(H2,15,18,19). The zero-order chi connectivity index (χ0) is 14.8. The maximum atomic E-state index is 11.2. The number of nitrogens with two attached hydrogens (primary N) is 1. The minimum absolute atomic E-state index is 0.00869. The van der Waals surface area contributed by atoms with Gasteiger partial charge in [0.15, 0.2) is 0 Å². The lowest BCUT2D eigenvalue weighted by Crippen LogP contribution is -2.11. The van der Waals surface area contributed by atoms with Crippen LogP contribution in [0, 0.1) is 0 Å². The molecule has 20 heavy (non-hydrogen) atoms. The third kappa shape index (κ3) is 3.66. The Kier molecular flexibility index (Phi) is 4.22. The zero-order valence-corrected chi connectivity index (χ0v) is 12.6. The maximum Gasteiger partial charge on any atom is 0.238 e.